The molecule has 60 heavy (non-hydrogen) atoms. The topological polar surface area (TPSA) is 102 Å². The van der Waals surface area contributed by atoms with Gasteiger partial charge >= 0.3 is 0 Å². The molecule has 4 aliphatic rings. The molecule has 0 saturated carbocycles. The normalized spacial score (nSPS) is 18.3. The lowest BCUT2D eigenvalue weighted by molar-refractivity contribution is 0.0107. The number of piperidine rings is 2. The van der Waals surface area contributed by atoms with Gasteiger partial charge in [-0.2, -0.15) is 0 Å². The van der Waals surface area contributed by atoms with Gasteiger partial charge in [0.25, 0.3) is 11.8 Å². The van der Waals surface area contributed by atoms with Crippen molar-refractivity contribution in [2.45, 2.75) is 76.9 Å². The Labute approximate surface area is 356 Å². The summed E-state index contributed by atoms with van der Waals surface area (Å²) in [6.45, 7) is 14.7. The first-order valence-corrected chi connectivity index (χ1v) is 21.9. The number of carbonyl (C=O) groups is 2. The van der Waals surface area contributed by atoms with E-state index in [1.807, 2.05) is 104 Å². The average molecular weight is 815 g/mol. The standard InChI is InChI=1S/C25H32N2O3.C25H30N2O3/c2*1-4-27(5-2)24(28)19-11-9-18(10-12-19)20-17-25(13-15-26-16-14-25)30-22-8-6-7-21(29-3)23(20)22/h6-12,20,26H,4-5,13-17H2,1-3H3;6-12,17,26H,4-5,13-16H2,1-3H3. The molecule has 4 aromatic rings. The highest BCUT2D eigenvalue weighted by molar-refractivity contribution is 5.96. The molecule has 0 bridgehead atoms. The van der Waals surface area contributed by atoms with Crippen molar-refractivity contribution >= 4 is 17.4 Å². The lowest BCUT2D eigenvalue weighted by atomic mass is 9.74. The molecule has 4 heterocycles. The van der Waals surface area contributed by atoms with Crippen LogP contribution in [0.1, 0.15) is 109 Å². The second-order valence-electron chi connectivity index (χ2n) is 16.1. The second kappa shape index (κ2) is 18.9. The number of hydrogen-bond acceptors (Lipinski definition) is 8. The molecule has 1 unspecified atom stereocenters. The highest BCUT2D eigenvalue weighted by atomic mass is 16.5. The third-order valence-electron chi connectivity index (χ3n) is 12.8. The highest BCUT2D eigenvalue weighted by Crippen LogP contribution is 2.51. The fraction of sp³-hybridized carbons (Fsp3) is 0.440. The van der Waals surface area contributed by atoms with E-state index < -0.39 is 0 Å². The fourth-order valence-corrected chi connectivity index (χ4v) is 9.33. The Kier molecular flexibility index (Phi) is 13.5. The maximum absolute atomic E-state index is 12.7. The number of benzene rings is 4. The van der Waals surface area contributed by atoms with E-state index in [0.717, 1.165) is 122 Å². The van der Waals surface area contributed by atoms with Gasteiger partial charge in [-0.1, -0.05) is 36.4 Å². The van der Waals surface area contributed by atoms with Gasteiger partial charge in [0.1, 0.15) is 34.2 Å². The van der Waals surface area contributed by atoms with Crippen molar-refractivity contribution in [2.24, 2.45) is 0 Å². The van der Waals surface area contributed by atoms with Gasteiger partial charge in [0.05, 0.1) is 19.8 Å². The number of nitrogens with zero attached hydrogens (tertiary/aromatic N) is 2. The molecule has 0 radical (unpaired) electrons. The minimum absolute atomic E-state index is 0.0697. The molecule has 0 aliphatic carbocycles. The predicted octanol–water partition coefficient (Wildman–Crippen LogP) is 8.34. The maximum Gasteiger partial charge on any atom is 0.253 e. The van der Waals surface area contributed by atoms with Crippen LogP contribution >= 0.6 is 0 Å². The molecule has 0 aromatic heterocycles. The van der Waals surface area contributed by atoms with E-state index in [4.69, 9.17) is 18.9 Å². The van der Waals surface area contributed by atoms with Crippen LogP contribution in [0.15, 0.2) is 91.0 Å². The van der Waals surface area contributed by atoms with Crippen LogP contribution in [0.2, 0.25) is 0 Å². The number of methoxy groups -OCH3 is 2. The number of rotatable bonds is 10. The summed E-state index contributed by atoms with van der Waals surface area (Å²) in [5, 5.41) is 6.88. The van der Waals surface area contributed by atoms with E-state index in [2.05, 4.69) is 34.9 Å². The molecule has 2 amide bonds. The van der Waals surface area contributed by atoms with E-state index in [1.54, 1.807) is 14.2 Å². The minimum Gasteiger partial charge on any atom is -0.496 e. The number of carbonyl (C=O) groups excluding carboxylic acids is 2. The van der Waals surface area contributed by atoms with Crippen LogP contribution in [-0.2, 0) is 0 Å². The highest BCUT2D eigenvalue weighted by Gasteiger charge is 2.44. The first-order valence-electron chi connectivity index (χ1n) is 21.9. The smallest absolute Gasteiger partial charge is 0.253 e. The predicted molar refractivity (Wildman–Crippen MR) is 238 cm³/mol. The quantitative estimate of drug-likeness (QED) is 0.165. The van der Waals surface area contributed by atoms with Gasteiger partial charge in [-0.3, -0.25) is 9.59 Å². The molecule has 2 N–H and O–H groups in total. The summed E-state index contributed by atoms with van der Waals surface area (Å²) in [7, 11) is 3.40. The molecular weight excluding hydrogens is 753 g/mol. The van der Waals surface area contributed by atoms with Crippen LogP contribution in [0, 0.1) is 0 Å². The summed E-state index contributed by atoms with van der Waals surface area (Å²) in [6, 6.07) is 28.1. The summed E-state index contributed by atoms with van der Waals surface area (Å²) in [5.41, 5.74) is 6.48. The first-order chi connectivity index (χ1) is 29.2. The molecule has 4 aromatic carbocycles. The Bertz CT molecular complexity index is 2130. The number of hydrogen-bond donors (Lipinski definition) is 2. The van der Waals surface area contributed by atoms with Gasteiger partial charge in [-0.05, 0) is 144 Å². The average Bonchev–Trinajstić information content (AvgIpc) is 3.29. The van der Waals surface area contributed by atoms with E-state index >= 15 is 0 Å². The molecule has 4 aliphatic heterocycles. The molecule has 2 saturated heterocycles. The van der Waals surface area contributed by atoms with Crippen LogP contribution in [0.3, 0.4) is 0 Å². The summed E-state index contributed by atoms with van der Waals surface area (Å²) in [4.78, 5) is 29.1. The molecule has 8 rings (SSSR count). The molecule has 2 fully saturated rings. The first kappa shape index (κ1) is 42.8. The summed E-state index contributed by atoms with van der Waals surface area (Å²) in [5.74, 6) is 3.79. The summed E-state index contributed by atoms with van der Waals surface area (Å²) >= 11 is 0. The van der Waals surface area contributed by atoms with E-state index in [1.165, 1.54) is 5.56 Å². The monoisotopic (exact) mass is 814 g/mol. The van der Waals surface area contributed by atoms with Crippen molar-refractivity contribution in [2.75, 3.05) is 66.6 Å². The van der Waals surface area contributed by atoms with Crippen molar-refractivity contribution in [3.8, 4) is 23.0 Å². The number of nitrogens with one attached hydrogen (secondary N) is 2. The zero-order valence-electron chi connectivity index (χ0n) is 36.3. The Morgan fingerprint density at radius 2 is 1.17 bits per heavy atom. The molecule has 10 heteroatoms. The van der Waals surface area contributed by atoms with Crippen molar-refractivity contribution in [1.82, 2.24) is 20.4 Å². The Balaban J connectivity index is 0.000000181. The van der Waals surface area contributed by atoms with Crippen LogP contribution in [0.5, 0.6) is 23.0 Å². The number of ether oxygens (including phenoxy) is 4. The van der Waals surface area contributed by atoms with Crippen molar-refractivity contribution in [3.05, 3.63) is 124 Å². The van der Waals surface area contributed by atoms with E-state index in [9.17, 15) is 9.59 Å². The number of fused-ring (bicyclic) bond motifs is 2. The van der Waals surface area contributed by atoms with Crippen molar-refractivity contribution in [1.29, 1.82) is 0 Å². The van der Waals surface area contributed by atoms with Gasteiger partial charge in [-0.25, -0.2) is 0 Å². The van der Waals surface area contributed by atoms with E-state index in [-0.39, 0.29) is 28.9 Å². The van der Waals surface area contributed by atoms with Crippen molar-refractivity contribution < 1.29 is 28.5 Å². The van der Waals surface area contributed by atoms with Gasteiger partial charge in [-0.15, -0.1) is 0 Å². The Hall–Kier alpha value is -5.32. The van der Waals surface area contributed by atoms with Gasteiger partial charge < -0.3 is 39.4 Å². The minimum atomic E-state index is -0.310. The fourth-order valence-electron chi connectivity index (χ4n) is 9.33. The maximum atomic E-state index is 12.7. The Morgan fingerprint density at radius 3 is 1.72 bits per heavy atom. The lowest BCUT2D eigenvalue weighted by Gasteiger charge is -2.45. The van der Waals surface area contributed by atoms with Crippen LogP contribution < -0.4 is 29.6 Å². The van der Waals surface area contributed by atoms with Crippen molar-refractivity contribution in [3.63, 3.8) is 0 Å². The Morgan fingerprint density at radius 1 is 0.650 bits per heavy atom. The molecular formula is C50H62N4O6. The molecule has 10 nitrogen and oxygen atoms in total. The lowest BCUT2D eigenvalue weighted by Crippen LogP contribution is -2.49. The van der Waals surface area contributed by atoms with Crippen LogP contribution in [0.4, 0.5) is 0 Å². The van der Waals surface area contributed by atoms with Crippen LogP contribution in [0.25, 0.3) is 5.57 Å². The third kappa shape index (κ3) is 8.77. The zero-order chi connectivity index (χ0) is 42.3. The molecule has 318 valence electrons. The van der Waals surface area contributed by atoms with Gasteiger partial charge in [0.15, 0.2) is 0 Å². The van der Waals surface area contributed by atoms with Gasteiger partial charge in [0.2, 0.25) is 0 Å². The molecule has 2 spiro atoms. The molecule has 1 atom stereocenters. The zero-order valence-corrected chi connectivity index (χ0v) is 36.3. The van der Waals surface area contributed by atoms with E-state index in [0.29, 0.717) is 18.7 Å². The number of amides is 2. The largest absolute Gasteiger partial charge is 0.496 e. The summed E-state index contributed by atoms with van der Waals surface area (Å²) < 4.78 is 24.5. The third-order valence-corrected chi connectivity index (χ3v) is 12.8. The SMILES string of the molecule is CCN(CC)C(=O)c1ccc(C2=CC3(CCNCC3)Oc3cccc(OC)c32)cc1.CCN(CC)C(=O)c1ccc(C2CC3(CCNCC3)Oc3cccc(OC)c32)cc1. The van der Waals surface area contributed by atoms with Gasteiger partial charge in [0, 0.05) is 61.6 Å². The van der Waals surface area contributed by atoms with Crippen LogP contribution in [-0.4, -0.2) is 99.4 Å². The second-order valence-corrected chi connectivity index (χ2v) is 16.1. The summed E-state index contributed by atoms with van der Waals surface area (Å²) in [6.07, 6.45) is 7.03.